The van der Waals surface area contributed by atoms with Crippen LogP contribution >= 0.6 is 27.5 Å². The standard InChI is InChI=1S/C19H15BrClFN2O3/c1-10-16(17(27-24-10)11-7-8-13(20)15(22)9-11)19(2,23-18(25)26)12-5-3-4-6-14(12)21/h3-9,23H,1-2H3,(H,25,26). The highest BCUT2D eigenvalue weighted by molar-refractivity contribution is 9.10. The maximum atomic E-state index is 14.1. The molecule has 1 amide bonds. The quantitative estimate of drug-likeness (QED) is 0.528. The third-order valence-corrected chi connectivity index (χ3v) is 5.29. The Hall–Kier alpha value is -2.38. The van der Waals surface area contributed by atoms with Gasteiger partial charge in [0.05, 0.1) is 21.3 Å². The van der Waals surface area contributed by atoms with Crippen LogP contribution in [0.1, 0.15) is 23.7 Å². The topological polar surface area (TPSA) is 75.4 Å². The molecular formula is C19H15BrClFN2O3. The van der Waals surface area contributed by atoms with E-state index in [0.717, 1.165) is 0 Å². The van der Waals surface area contributed by atoms with Gasteiger partial charge in [0.25, 0.3) is 0 Å². The molecule has 0 aliphatic heterocycles. The van der Waals surface area contributed by atoms with E-state index >= 15 is 0 Å². The van der Waals surface area contributed by atoms with Crippen LogP contribution in [0, 0.1) is 12.7 Å². The van der Waals surface area contributed by atoms with Gasteiger partial charge in [-0.1, -0.05) is 35.0 Å². The first-order chi connectivity index (χ1) is 12.7. The number of hydrogen-bond acceptors (Lipinski definition) is 3. The van der Waals surface area contributed by atoms with Crippen LogP contribution in [0.15, 0.2) is 51.5 Å². The maximum Gasteiger partial charge on any atom is 0.405 e. The molecule has 0 aliphatic carbocycles. The van der Waals surface area contributed by atoms with E-state index in [9.17, 15) is 14.3 Å². The van der Waals surface area contributed by atoms with E-state index in [1.807, 2.05) is 0 Å². The van der Waals surface area contributed by atoms with Crippen molar-refractivity contribution in [2.24, 2.45) is 0 Å². The van der Waals surface area contributed by atoms with Crippen LogP contribution in [0.2, 0.25) is 5.02 Å². The summed E-state index contributed by atoms with van der Waals surface area (Å²) in [5.41, 5.74) is 0.604. The summed E-state index contributed by atoms with van der Waals surface area (Å²) in [5.74, 6) is -0.215. The molecule has 8 heteroatoms. The van der Waals surface area contributed by atoms with E-state index < -0.39 is 17.4 Å². The molecule has 0 bridgehead atoms. The van der Waals surface area contributed by atoms with Gasteiger partial charge in [-0.25, -0.2) is 9.18 Å². The monoisotopic (exact) mass is 452 g/mol. The fraction of sp³-hybridized carbons (Fsp3) is 0.158. The largest absolute Gasteiger partial charge is 0.465 e. The minimum atomic E-state index is -1.27. The Kier molecular flexibility index (Phi) is 5.26. The first-order valence-corrected chi connectivity index (χ1v) is 9.09. The van der Waals surface area contributed by atoms with Crippen LogP contribution in [-0.4, -0.2) is 16.4 Å². The molecule has 1 aromatic heterocycles. The van der Waals surface area contributed by atoms with Crippen molar-refractivity contribution in [2.75, 3.05) is 0 Å². The molecule has 0 saturated heterocycles. The molecule has 3 aromatic rings. The first kappa shape index (κ1) is 19.4. The summed E-state index contributed by atoms with van der Waals surface area (Å²) in [6.45, 7) is 3.36. The number of carboxylic acid groups (broad SMARTS) is 1. The summed E-state index contributed by atoms with van der Waals surface area (Å²) < 4.78 is 19.8. The molecule has 0 spiro atoms. The highest BCUT2D eigenvalue weighted by Gasteiger charge is 2.39. The Morgan fingerprint density at radius 1 is 1.33 bits per heavy atom. The molecule has 1 atom stereocenters. The molecule has 140 valence electrons. The Bertz CT molecular complexity index is 1020. The van der Waals surface area contributed by atoms with Gasteiger partial charge in [-0.3, -0.25) is 0 Å². The average Bonchev–Trinajstić information content (AvgIpc) is 2.99. The number of nitrogens with zero attached hydrogens (tertiary/aromatic N) is 1. The third-order valence-electron chi connectivity index (χ3n) is 4.31. The van der Waals surface area contributed by atoms with Crippen molar-refractivity contribution in [2.45, 2.75) is 19.4 Å². The number of amides is 1. The molecule has 0 saturated carbocycles. The number of rotatable bonds is 4. The summed E-state index contributed by atoms with van der Waals surface area (Å²) in [6, 6.07) is 11.4. The van der Waals surface area contributed by atoms with Gasteiger partial charge in [0.2, 0.25) is 0 Å². The SMILES string of the molecule is Cc1noc(-c2ccc(Br)c(F)c2)c1C(C)(NC(=O)O)c1ccccc1Cl. The zero-order valence-electron chi connectivity index (χ0n) is 14.4. The summed E-state index contributed by atoms with van der Waals surface area (Å²) in [5, 5.41) is 16.3. The fourth-order valence-electron chi connectivity index (χ4n) is 3.14. The summed E-state index contributed by atoms with van der Waals surface area (Å²) in [7, 11) is 0. The van der Waals surface area contributed by atoms with Gasteiger partial charge in [-0.2, -0.15) is 0 Å². The van der Waals surface area contributed by atoms with Gasteiger partial charge in [0.1, 0.15) is 5.82 Å². The predicted molar refractivity (Wildman–Crippen MR) is 103 cm³/mol. The number of halogens is 3. The van der Waals surface area contributed by atoms with E-state index in [1.54, 1.807) is 50.2 Å². The molecular weight excluding hydrogens is 439 g/mol. The minimum Gasteiger partial charge on any atom is -0.465 e. The lowest BCUT2D eigenvalue weighted by Gasteiger charge is -2.31. The van der Waals surface area contributed by atoms with Gasteiger partial charge in [0.15, 0.2) is 5.76 Å². The second-order valence-corrected chi connectivity index (χ2v) is 7.40. The Morgan fingerprint density at radius 3 is 2.67 bits per heavy atom. The highest BCUT2D eigenvalue weighted by Crippen LogP contribution is 2.41. The third kappa shape index (κ3) is 3.57. The molecule has 0 fully saturated rings. The van der Waals surface area contributed by atoms with Crippen molar-refractivity contribution >= 4 is 33.6 Å². The van der Waals surface area contributed by atoms with E-state index in [4.69, 9.17) is 16.1 Å². The van der Waals surface area contributed by atoms with E-state index in [2.05, 4.69) is 26.4 Å². The van der Waals surface area contributed by atoms with Crippen molar-refractivity contribution in [1.82, 2.24) is 10.5 Å². The Balaban J connectivity index is 2.28. The smallest absolute Gasteiger partial charge is 0.405 e. The number of nitrogens with one attached hydrogen (secondary N) is 1. The van der Waals surface area contributed by atoms with Crippen LogP contribution in [0.25, 0.3) is 11.3 Å². The maximum absolute atomic E-state index is 14.1. The molecule has 2 aromatic carbocycles. The summed E-state index contributed by atoms with van der Waals surface area (Å²) >= 11 is 9.47. The van der Waals surface area contributed by atoms with Crippen molar-refractivity contribution in [3.05, 3.63) is 74.6 Å². The number of carbonyl (C=O) groups is 1. The molecule has 3 rings (SSSR count). The molecule has 0 radical (unpaired) electrons. The number of hydrogen-bond donors (Lipinski definition) is 2. The van der Waals surface area contributed by atoms with Gasteiger partial charge in [0, 0.05) is 16.1 Å². The van der Waals surface area contributed by atoms with Crippen molar-refractivity contribution in [1.29, 1.82) is 0 Å². The lowest BCUT2D eigenvalue weighted by molar-refractivity contribution is 0.184. The van der Waals surface area contributed by atoms with E-state index in [1.165, 1.54) is 6.07 Å². The lowest BCUT2D eigenvalue weighted by atomic mass is 9.82. The number of aryl methyl sites for hydroxylation is 1. The van der Waals surface area contributed by atoms with Crippen LogP contribution in [0.5, 0.6) is 0 Å². The summed E-state index contributed by atoms with van der Waals surface area (Å²) in [6.07, 6.45) is -1.24. The van der Waals surface area contributed by atoms with Crippen LogP contribution < -0.4 is 5.32 Å². The van der Waals surface area contributed by atoms with Crippen molar-refractivity contribution in [3.8, 4) is 11.3 Å². The van der Waals surface area contributed by atoms with E-state index in [0.29, 0.717) is 31.9 Å². The van der Waals surface area contributed by atoms with Crippen LogP contribution in [0.3, 0.4) is 0 Å². The van der Waals surface area contributed by atoms with E-state index in [-0.39, 0.29) is 5.76 Å². The van der Waals surface area contributed by atoms with Gasteiger partial charge in [-0.15, -0.1) is 0 Å². The van der Waals surface area contributed by atoms with Crippen molar-refractivity contribution < 1.29 is 18.8 Å². The van der Waals surface area contributed by atoms with Crippen molar-refractivity contribution in [3.63, 3.8) is 0 Å². The average molecular weight is 454 g/mol. The highest BCUT2D eigenvalue weighted by atomic mass is 79.9. The zero-order chi connectivity index (χ0) is 19.8. The predicted octanol–water partition coefficient (Wildman–Crippen LogP) is 5.74. The minimum absolute atomic E-state index is 0.259. The number of benzene rings is 2. The molecule has 2 N–H and O–H groups in total. The molecule has 0 aliphatic rings. The normalized spacial score (nSPS) is 13.2. The molecule has 27 heavy (non-hydrogen) atoms. The zero-order valence-corrected chi connectivity index (χ0v) is 16.7. The van der Waals surface area contributed by atoms with Gasteiger partial charge < -0.3 is 14.9 Å². The number of aromatic nitrogens is 1. The van der Waals surface area contributed by atoms with Gasteiger partial charge in [-0.05, 0) is 54.0 Å². The second kappa shape index (κ2) is 7.32. The molecule has 5 nitrogen and oxygen atoms in total. The van der Waals surface area contributed by atoms with Gasteiger partial charge >= 0.3 is 6.09 Å². The molecule has 1 heterocycles. The second-order valence-electron chi connectivity index (χ2n) is 6.14. The Labute approximate surface area is 168 Å². The van der Waals surface area contributed by atoms with Crippen LogP contribution in [0.4, 0.5) is 9.18 Å². The van der Waals surface area contributed by atoms with Crippen LogP contribution in [-0.2, 0) is 5.54 Å². The fourth-order valence-corrected chi connectivity index (χ4v) is 3.71. The summed E-state index contributed by atoms with van der Waals surface area (Å²) in [4.78, 5) is 11.6. The lowest BCUT2D eigenvalue weighted by Crippen LogP contribution is -2.44. The molecule has 1 unspecified atom stereocenters. The Morgan fingerprint density at radius 2 is 2.04 bits per heavy atom. The first-order valence-electron chi connectivity index (χ1n) is 7.92.